The van der Waals surface area contributed by atoms with Crippen LogP contribution in [0.15, 0.2) is 41.8 Å². The molecule has 0 bridgehead atoms. The van der Waals surface area contributed by atoms with Crippen molar-refractivity contribution in [3.05, 3.63) is 46.7 Å². The Morgan fingerprint density at radius 1 is 1.16 bits per heavy atom. The van der Waals surface area contributed by atoms with Gasteiger partial charge >= 0.3 is 0 Å². The third-order valence-electron chi connectivity index (χ3n) is 4.57. The van der Waals surface area contributed by atoms with Crippen molar-refractivity contribution in [1.82, 2.24) is 0 Å². The van der Waals surface area contributed by atoms with Gasteiger partial charge in [0.15, 0.2) is 0 Å². The number of thiophene rings is 1. The van der Waals surface area contributed by atoms with Crippen LogP contribution < -0.4 is 9.64 Å². The van der Waals surface area contributed by atoms with Crippen LogP contribution in [0.3, 0.4) is 0 Å². The van der Waals surface area contributed by atoms with Crippen molar-refractivity contribution in [2.24, 2.45) is 0 Å². The van der Waals surface area contributed by atoms with Gasteiger partial charge in [0.05, 0.1) is 19.8 Å². The van der Waals surface area contributed by atoms with E-state index in [9.17, 15) is 4.79 Å². The number of anilines is 1. The fourth-order valence-electron chi connectivity index (χ4n) is 3.14. The third kappa shape index (κ3) is 5.06. The highest BCUT2D eigenvalue weighted by molar-refractivity contribution is 7.09. The van der Waals surface area contributed by atoms with E-state index in [4.69, 9.17) is 9.47 Å². The zero-order valence-corrected chi connectivity index (χ0v) is 15.5. The summed E-state index contributed by atoms with van der Waals surface area (Å²) in [5, 5.41) is 2.03. The standard InChI is InChI=1S/C20H25NO3S/c1-23-17-11-9-16(10-12-17)21(14-19-8-5-13-25-19)20(22)15-24-18-6-3-2-4-7-18/h5,8-13,18H,2-4,6-7,14-15H2,1H3. The molecule has 1 aliphatic carbocycles. The Hall–Kier alpha value is -1.85. The lowest BCUT2D eigenvalue weighted by atomic mass is 9.98. The minimum absolute atomic E-state index is 0.00383. The lowest BCUT2D eigenvalue weighted by Gasteiger charge is -2.26. The molecule has 3 rings (SSSR count). The number of methoxy groups -OCH3 is 1. The van der Waals surface area contributed by atoms with E-state index in [1.807, 2.05) is 35.7 Å². The highest BCUT2D eigenvalue weighted by Crippen LogP contribution is 2.24. The zero-order chi connectivity index (χ0) is 17.5. The maximum atomic E-state index is 12.8. The Bertz CT molecular complexity index is 648. The Balaban J connectivity index is 1.68. The summed E-state index contributed by atoms with van der Waals surface area (Å²) in [6.45, 7) is 0.707. The van der Waals surface area contributed by atoms with Crippen LogP contribution in [-0.4, -0.2) is 25.7 Å². The second-order valence-corrected chi connectivity index (χ2v) is 7.36. The van der Waals surface area contributed by atoms with Gasteiger partial charge in [-0.1, -0.05) is 25.3 Å². The molecule has 1 heterocycles. The summed E-state index contributed by atoms with van der Waals surface area (Å²) in [4.78, 5) is 15.8. The number of ether oxygens (including phenoxy) is 2. The summed E-state index contributed by atoms with van der Waals surface area (Å²) in [6.07, 6.45) is 6.06. The summed E-state index contributed by atoms with van der Waals surface area (Å²) in [7, 11) is 1.64. The van der Waals surface area contributed by atoms with Gasteiger partial charge in [-0.2, -0.15) is 0 Å². The second kappa shape index (κ2) is 9.02. The molecule has 1 saturated carbocycles. The molecule has 0 N–H and O–H groups in total. The summed E-state index contributed by atoms with van der Waals surface area (Å²) < 4.78 is 11.1. The van der Waals surface area contributed by atoms with E-state index in [0.29, 0.717) is 6.54 Å². The van der Waals surface area contributed by atoms with Crippen LogP contribution in [0.4, 0.5) is 5.69 Å². The van der Waals surface area contributed by atoms with Crippen molar-refractivity contribution in [3.8, 4) is 5.75 Å². The summed E-state index contributed by atoms with van der Waals surface area (Å²) in [5.41, 5.74) is 0.867. The van der Waals surface area contributed by atoms with Gasteiger partial charge < -0.3 is 14.4 Å². The number of amides is 1. The van der Waals surface area contributed by atoms with Crippen LogP contribution in [-0.2, 0) is 16.1 Å². The predicted octanol–water partition coefficient (Wildman–Crippen LogP) is 4.64. The van der Waals surface area contributed by atoms with Gasteiger partial charge in [-0.25, -0.2) is 0 Å². The fourth-order valence-corrected chi connectivity index (χ4v) is 3.84. The molecule has 0 saturated heterocycles. The monoisotopic (exact) mass is 359 g/mol. The van der Waals surface area contributed by atoms with Crippen molar-refractivity contribution in [2.75, 3.05) is 18.6 Å². The van der Waals surface area contributed by atoms with Crippen molar-refractivity contribution < 1.29 is 14.3 Å². The number of carbonyl (C=O) groups is 1. The Morgan fingerprint density at radius 2 is 1.92 bits per heavy atom. The Morgan fingerprint density at radius 3 is 2.56 bits per heavy atom. The van der Waals surface area contributed by atoms with E-state index < -0.39 is 0 Å². The fraction of sp³-hybridized carbons (Fsp3) is 0.450. The van der Waals surface area contributed by atoms with E-state index >= 15 is 0 Å². The minimum atomic E-state index is 0.00383. The number of nitrogens with zero attached hydrogens (tertiary/aromatic N) is 1. The molecule has 0 atom stereocenters. The SMILES string of the molecule is COc1ccc(N(Cc2cccs2)C(=O)COC2CCCCC2)cc1. The molecule has 0 radical (unpaired) electrons. The smallest absolute Gasteiger partial charge is 0.253 e. The van der Waals surface area contributed by atoms with E-state index in [1.54, 1.807) is 23.3 Å². The number of hydrogen-bond donors (Lipinski definition) is 0. The van der Waals surface area contributed by atoms with Crippen molar-refractivity contribution >= 4 is 22.9 Å². The highest BCUT2D eigenvalue weighted by atomic mass is 32.1. The molecule has 5 heteroatoms. The minimum Gasteiger partial charge on any atom is -0.497 e. The average molecular weight is 359 g/mol. The third-order valence-corrected chi connectivity index (χ3v) is 5.44. The molecule has 1 aromatic carbocycles. The van der Waals surface area contributed by atoms with Gasteiger partial charge in [0.1, 0.15) is 12.4 Å². The van der Waals surface area contributed by atoms with E-state index in [-0.39, 0.29) is 18.6 Å². The van der Waals surface area contributed by atoms with Gasteiger partial charge in [0.25, 0.3) is 5.91 Å². The summed E-state index contributed by atoms with van der Waals surface area (Å²) in [5.74, 6) is 0.787. The first-order valence-electron chi connectivity index (χ1n) is 8.84. The predicted molar refractivity (Wildman–Crippen MR) is 101 cm³/mol. The molecule has 0 unspecified atom stereocenters. The second-order valence-electron chi connectivity index (χ2n) is 6.33. The van der Waals surface area contributed by atoms with Crippen LogP contribution in [0.1, 0.15) is 37.0 Å². The quantitative estimate of drug-likeness (QED) is 0.723. The Labute approximate surface area is 153 Å². The summed E-state index contributed by atoms with van der Waals surface area (Å²) in [6, 6.07) is 11.7. The molecule has 25 heavy (non-hydrogen) atoms. The van der Waals surface area contributed by atoms with Crippen LogP contribution in [0.25, 0.3) is 0 Å². The first-order valence-corrected chi connectivity index (χ1v) is 9.72. The molecule has 134 valence electrons. The molecule has 4 nitrogen and oxygen atoms in total. The van der Waals surface area contributed by atoms with Gasteiger partial charge in [0, 0.05) is 10.6 Å². The molecule has 0 aliphatic heterocycles. The maximum Gasteiger partial charge on any atom is 0.253 e. The van der Waals surface area contributed by atoms with Gasteiger partial charge in [-0.05, 0) is 48.6 Å². The molecule has 0 spiro atoms. The van der Waals surface area contributed by atoms with Gasteiger partial charge in [0.2, 0.25) is 0 Å². The van der Waals surface area contributed by atoms with Gasteiger partial charge in [-0.15, -0.1) is 11.3 Å². The van der Waals surface area contributed by atoms with Crippen molar-refractivity contribution in [1.29, 1.82) is 0 Å². The molecule has 1 amide bonds. The number of carbonyl (C=O) groups excluding carboxylic acids is 1. The lowest BCUT2D eigenvalue weighted by Crippen LogP contribution is -2.35. The maximum absolute atomic E-state index is 12.8. The lowest BCUT2D eigenvalue weighted by molar-refractivity contribution is -0.125. The molecule has 1 aromatic heterocycles. The molecule has 2 aromatic rings. The number of hydrogen-bond acceptors (Lipinski definition) is 4. The van der Waals surface area contributed by atoms with E-state index in [1.165, 1.54) is 19.3 Å². The van der Waals surface area contributed by atoms with Crippen LogP contribution >= 0.6 is 11.3 Å². The largest absolute Gasteiger partial charge is 0.497 e. The molecule has 1 fully saturated rings. The molecular formula is C20H25NO3S. The first kappa shape index (κ1) is 18.0. The first-order chi connectivity index (χ1) is 12.3. The van der Waals surface area contributed by atoms with Crippen LogP contribution in [0, 0.1) is 0 Å². The van der Waals surface area contributed by atoms with E-state index in [0.717, 1.165) is 29.2 Å². The van der Waals surface area contributed by atoms with Crippen molar-refractivity contribution in [2.45, 2.75) is 44.8 Å². The van der Waals surface area contributed by atoms with Crippen LogP contribution in [0.2, 0.25) is 0 Å². The van der Waals surface area contributed by atoms with E-state index in [2.05, 4.69) is 6.07 Å². The van der Waals surface area contributed by atoms with Crippen LogP contribution in [0.5, 0.6) is 5.75 Å². The Kier molecular flexibility index (Phi) is 6.48. The zero-order valence-electron chi connectivity index (χ0n) is 14.6. The number of benzene rings is 1. The van der Waals surface area contributed by atoms with Gasteiger partial charge in [-0.3, -0.25) is 4.79 Å². The average Bonchev–Trinajstić information content (AvgIpc) is 3.18. The van der Waals surface area contributed by atoms with Crippen molar-refractivity contribution in [3.63, 3.8) is 0 Å². The highest BCUT2D eigenvalue weighted by Gasteiger charge is 2.20. The normalized spacial score (nSPS) is 15.1. The topological polar surface area (TPSA) is 38.8 Å². The molecular weight excluding hydrogens is 334 g/mol. The molecule has 1 aliphatic rings. The number of rotatable bonds is 7. The summed E-state index contributed by atoms with van der Waals surface area (Å²) >= 11 is 1.66.